The number of imidazole rings is 1. The van der Waals surface area contributed by atoms with Crippen LogP contribution in [0.25, 0.3) is 5.52 Å². The maximum absolute atomic E-state index is 12.2. The second-order valence-electron chi connectivity index (χ2n) is 4.75. The largest absolute Gasteiger partial charge is 0.377 e. The molecule has 0 radical (unpaired) electrons. The van der Waals surface area contributed by atoms with Crippen LogP contribution in [0.5, 0.6) is 0 Å². The van der Waals surface area contributed by atoms with Crippen molar-refractivity contribution in [3.8, 4) is 0 Å². The molecule has 18 heavy (non-hydrogen) atoms. The fraction of sp³-hybridized carbons (Fsp3) is 0.364. The number of hydrogen-bond acceptors (Lipinski definition) is 4. The third kappa shape index (κ3) is 1.90. The van der Waals surface area contributed by atoms with Crippen LogP contribution in [0.1, 0.15) is 6.92 Å². The van der Waals surface area contributed by atoms with E-state index in [0.29, 0.717) is 13.2 Å². The molecule has 0 unspecified atom stereocenters. The molecule has 0 aromatic carbocycles. The average Bonchev–Trinajstić information content (AvgIpc) is 2.73. The van der Waals surface area contributed by atoms with Gasteiger partial charge >= 0.3 is 0 Å². The lowest BCUT2D eigenvalue weighted by Crippen LogP contribution is -2.59. The highest BCUT2D eigenvalue weighted by Crippen LogP contribution is 2.20. The van der Waals surface area contributed by atoms with Crippen molar-refractivity contribution in [1.29, 1.82) is 0 Å². The van der Waals surface area contributed by atoms with E-state index in [1.54, 1.807) is 35.3 Å². The van der Waals surface area contributed by atoms with Crippen molar-refractivity contribution >= 4 is 15.5 Å². The molecule has 0 spiro atoms. The van der Waals surface area contributed by atoms with Crippen molar-refractivity contribution in [3.63, 3.8) is 0 Å². The number of hydrogen-bond donors (Lipinski definition) is 1. The molecular formula is C11H13N3O3S. The quantitative estimate of drug-likeness (QED) is 0.873. The molecule has 0 aliphatic carbocycles. The Morgan fingerprint density at radius 1 is 1.44 bits per heavy atom. The van der Waals surface area contributed by atoms with Crippen molar-refractivity contribution < 1.29 is 13.2 Å². The van der Waals surface area contributed by atoms with Crippen molar-refractivity contribution in [2.75, 3.05) is 13.2 Å². The van der Waals surface area contributed by atoms with Gasteiger partial charge in [0.1, 0.15) is 0 Å². The van der Waals surface area contributed by atoms with Gasteiger partial charge in [0.15, 0.2) is 0 Å². The first-order chi connectivity index (χ1) is 8.49. The maximum Gasteiger partial charge on any atom is 0.242 e. The van der Waals surface area contributed by atoms with Gasteiger partial charge in [-0.3, -0.25) is 0 Å². The lowest BCUT2D eigenvalue weighted by Gasteiger charge is -2.38. The van der Waals surface area contributed by atoms with Gasteiger partial charge < -0.3 is 9.14 Å². The van der Waals surface area contributed by atoms with Gasteiger partial charge in [-0.1, -0.05) is 0 Å². The Bertz CT molecular complexity index is 688. The SMILES string of the molecule is CC1(NS(=O)(=O)c2ccc3cncn3c2)COC1. The fourth-order valence-corrected chi connectivity index (χ4v) is 3.29. The molecule has 1 fully saturated rings. The van der Waals surface area contributed by atoms with Gasteiger partial charge in [0.2, 0.25) is 10.0 Å². The summed E-state index contributed by atoms with van der Waals surface area (Å²) in [6.07, 6.45) is 4.79. The zero-order chi connectivity index (χ0) is 12.8. The Hall–Kier alpha value is -1.44. The van der Waals surface area contributed by atoms with E-state index in [1.165, 1.54) is 0 Å². The Balaban J connectivity index is 1.96. The molecule has 7 heteroatoms. The monoisotopic (exact) mass is 267 g/mol. The number of pyridine rings is 1. The van der Waals surface area contributed by atoms with Gasteiger partial charge in [0.25, 0.3) is 0 Å². The summed E-state index contributed by atoms with van der Waals surface area (Å²) < 4.78 is 33.8. The van der Waals surface area contributed by atoms with Crippen molar-refractivity contribution in [1.82, 2.24) is 14.1 Å². The van der Waals surface area contributed by atoms with Crippen molar-refractivity contribution in [2.45, 2.75) is 17.4 Å². The molecule has 0 atom stereocenters. The van der Waals surface area contributed by atoms with Crippen LogP contribution in [0.3, 0.4) is 0 Å². The van der Waals surface area contributed by atoms with E-state index in [0.717, 1.165) is 5.52 Å². The summed E-state index contributed by atoms with van der Waals surface area (Å²) in [7, 11) is -3.53. The number of sulfonamides is 1. The number of ether oxygens (including phenoxy) is 1. The zero-order valence-corrected chi connectivity index (χ0v) is 10.6. The van der Waals surface area contributed by atoms with E-state index < -0.39 is 15.6 Å². The molecule has 0 bridgehead atoms. The number of nitrogens with zero attached hydrogens (tertiary/aromatic N) is 2. The summed E-state index contributed by atoms with van der Waals surface area (Å²) >= 11 is 0. The smallest absolute Gasteiger partial charge is 0.242 e. The molecule has 6 nitrogen and oxygen atoms in total. The highest BCUT2D eigenvalue weighted by molar-refractivity contribution is 7.89. The van der Waals surface area contributed by atoms with Crippen molar-refractivity contribution in [2.24, 2.45) is 0 Å². The zero-order valence-electron chi connectivity index (χ0n) is 9.83. The van der Waals surface area contributed by atoms with Crippen LogP contribution in [-0.2, 0) is 14.8 Å². The maximum atomic E-state index is 12.2. The topological polar surface area (TPSA) is 72.7 Å². The van der Waals surface area contributed by atoms with E-state index in [2.05, 4.69) is 9.71 Å². The lowest BCUT2D eigenvalue weighted by molar-refractivity contribution is -0.0523. The molecule has 1 aliphatic rings. The predicted molar refractivity (Wildman–Crippen MR) is 64.7 cm³/mol. The molecule has 96 valence electrons. The summed E-state index contributed by atoms with van der Waals surface area (Å²) in [6, 6.07) is 3.30. The average molecular weight is 267 g/mol. The molecule has 0 saturated carbocycles. The van der Waals surface area contributed by atoms with Crippen LogP contribution in [0.2, 0.25) is 0 Å². The number of fused-ring (bicyclic) bond motifs is 1. The molecule has 1 saturated heterocycles. The fourth-order valence-electron chi connectivity index (χ4n) is 1.91. The second kappa shape index (κ2) is 3.78. The minimum Gasteiger partial charge on any atom is -0.377 e. The summed E-state index contributed by atoms with van der Waals surface area (Å²) in [6.45, 7) is 2.63. The number of rotatable bonds is 3. The van der Waals surface area contributed by atoms with Gasteiger partial charge in [0.05, 0.1) is 41.7 Å². The summed E-state index contributed by atoms with van der Waals surface area (Å²) in [5, 5.41) is 0. The number of nitrogens with one attached hydrogen (secondary N) is 1. The van der Waals surface area contributed by atoms with Crippen LogP contribution in [0.15, 0.2) is 35.7 Å². The van der Waals surface area contributed by atoms with Crippen LogP contribution < -0.4 is 4.72 Å². The van der Waals surface area contributed by atoms with Gasteiger partial charge in [-0.25, -0.2) is 18.1 Å². The Labute approximate surface area is 105 Å². The van der Waals surface area contributed by atoms with E-state index >= 15 is 0 Å². The standard InChI is InChI=1S/C11H13N3O3S/c1-11(6-17-7-11)13-18(15,16)10-3-2-9-4-12-8-14(9)5-10/h2-5,8,13H,6-7H2,1H3. The minimum atomic E-state index is -3.53. The second-order valence-corrected chi connectivity index (χ2v) is 6.43. The molecular weight excluding hydrogens is 254 g/mol. The van der Waals surface area contributed by atoms with Gasteiger partial charge in [-0.15, -0.1) is 0 Å². The lowest BCUT2D eigenvalue weighted by atomic mass is 10.0. The first-order valence-corrected chi connectivity index (χ1v) is 7.00. The summed E-state index contributed by atoms with van der Waals surface area (Å²) in [5.74, 6) is 0. The van der Waals surface area contributed by atoms with Crippen LogP contribution in [0, 0.1) is 0 Å². The number of aromatic nitrogens is 2. The molecule has 3 heterocycles. The Kier molecular flexibility index (Phi) is 2.44. The Morgan fingerprint density at radius 3 is 2.89 bits per heavy atom. The molecule has 3 rings (SSSR count). The van der Waals surface area contributed by atoms with Crippen molar-refractivity contribution in [3.05, 3.63) is 30.9 Å². The highest BCUT2D eigenvalue weighted by atomic mass is 32.2. The van der Waals surface area contributed by atoms with Gasteiger partial charge in [0, 0.05) is 6.20 Å². The van der Waals surface area contributed by atoms with E-state index in [9.17, 15) is 8.42 Å². The summed E-state index contributed by atoms with van der Waals surface area (Å²) in [4.78, 5) is 4.18. The first kappa shape index (κ1) is 11.6. The highest BCUT2D eigenvalue weighted by Gasteiger charge is 2.37. The van der Waals surface area contributed by atoms with Crippen LogP contribution in [0.4, 0.5) is 0 Å². The molecule has 1 aliphatic heterocycles. The molecule has 0 amide bonds. The van der Waals surface area contributed by atoms with Gasteiger partial charge in [-0.05, 0) is 19.1 Å². The van der Waals surface area contributed by atoms with Gasteiger partial charge in [-0.2, -0.15) is 0 Å². The summed E-state index contributed by atoms with van der Waals surface area (Å²) in [5.41, 5.74) is 0.357. The third-order valence-electron chi connectivity index (χ3n) is 2.91. The van der Waals surface area contributed by atoms with E-state index in [-0.39, 0.29) is 4.90 Å². The molecule has 2 aromatic heterocycles. The van der Waals surface area contributed by atoms with Crippen LogP contribution >= 0.6 is 0 Å². The first-order valence-electron chi connectivity index (χ1n) is 5.52. The molecule has 2 aromatic rings. The normalized spacial score (nSPS) is 18.7. The third-order valence-corrected chi connectivity index (χ3v) is 4.54. The van der Waals surface area contributed by atoms with Crippen LogP contribution in [-0.4, -0.2) is 36.6 Å². The minimum absolute atomic E-state index is 0.223. The van der Waals surface area contributed by atoms with E-state index in [4.69, 9.17) is 4.74 Å². The predicted octanol–water partition coefficient (Wildman–Crippen LogP) is 0.402. The van der Waals surface area contributed by atoms with E-state index in [1.807, 2.05) is 6.92 Å². The molecule has 1 N–H and O–H groups in total. The Morgan fingerprint density at radius 2 is 2.22 bits per heavy atom.